The van der Waals surface area contributed by atoms with E-state index in [0.717, 1.165) is 29.0 Å². The van der Waals surface area contributed by atoms with Crippen molar-refractivity contribution in [2.45, 2.75) is 43.2 Å². The monoisotopic (exact) mass is 352 g/mol. The number of allylic oxidation sites excluding steroid dienone is 2. The number of quaternary nitrogens is 1. The lowest BCUT2D eigenvalue weighted by Crippen LogP contribution is -2.67. The summed E-state index contributed by atoms with van der Waals surface area (Å²) in [6, 6.07) is 4.45. The Kier molecular flexibility index (Phi) is 2.72. The molecule has 1 spiro atoms. The number of likely N-dealkylation sites (N-methyl/N-ethyl adjacent to an activating group) is 1. The highest BCUT2D eigenvalue weighted by molar-refractivity contribution is 5.66. The van der Waals surface area contributed by atoms with Crippen LogP contribution >= 0.6 is 0 Å². The molecule has 1 saturated heterocycles. The van der Waals surface area contributed by atoms with Crippen LogP contribution in [0.3, 0.4) is 0 Å². The first-order valence-corrected chi connectivity index (χ1v) is 9.89. The number of likely N-dealkylation sites (tertiary alicyclic amines) is 1. The third-order valence-electron chi connectivity index (χ3n) is 7.70. The van der Waals surface area contributed by atoms with E-state index < -0.39 is 0 Å². The van der Waals surface area contributed by atoms with Gasteiger partial charge in [-0.15, -0.1) is 0 Å². The van der Waals surface area contributed by atoms with E-state index in [9.17, 15) is 5.11 Å². The molecule has 5 aliphatic rings. The Morgan fingerprint density at radius 1 is 1.31 bits per heavy atom. The Hall–Kier alpha value is -1.94. The third-order valence-corrected chi connectivity index (χ3v) is 7.70. The molecule has 1 unspecified atom stereocenters. The van der Waals surface area contributed by atoms with Gasteiger partial charge in [-0.2, -0.15) is 0 Å². The van der Waals surface area contributed by atoms with E-state index in [0.29, 0.717) is 11.8 Å². The molecule has 1 N–H and O–H groups in total. The minimum absolute atomic E-state index is 0.132. The first-order chi connectivity index (χ1) is 12.6. The number of methoxy groups -OCH3 is 1. The average molecular weight is 352 g/mol. The number of piperidine rings is 1. The molecule has 1 aromatic rings. The molecule has 2 bridgehead atoms. The van der Waals surface area contributed by atoms with Gasteiger partial charge in [0.2, 0.25) is 0 Å². The molecule has 1 aromatic carbocycles. The van der Waals surface area contributed by atoms with Crippen molar-refractivity contribution >= 4 is 0 Å². The molecule has 0 radical (unpaired) electrons. The Morgan fingerprint density at radius 3 is 2.92 bits per heavy atom. The van der Waals surface area contributed by atoms with Crippen LogP contribution in [0, 0.1) is 5.92 Å². The van der Waals surface area contributed by atoms with Gasteiger partial charge in [-0.05, 0) is 30.5 Å². The quantitative estimate of drug-likeness (QED) is 0.850. The molecule has 1 saturated carbocycles. The van der Waals surface area contributed by atoms with Gasteiger partial charge < -0.3 is 19.1 Å². The lowest BCUT2D eigenvalue weighted by Gasteiger charge is -2.57. The maximum Gasteiger partial charge on any atom is 0.169 e. The van der Waals surface area contributed by atoms with Gasteiger partial charge in [-0.3, -0.25) is 0 Å². The summed E-state index contributed by atoms with van der Waals surface area (Å²) < 4.78 is 13.2. The molecule has 2 fully saturated rings. The van der Waals surface area contributed by atoms with Gasteiger partial charge in [0.25, 0.3) is 0 Å². The predicted molar refractivity (Wildman–Crippen MR) is 98.1 cm³/mol. The maximum atomic E-state index is 10.5. The molecule has 0 amide bonds. The van der Waals surface area contributed by atoms with Crippen LogP contribution in [-0.2, 0) is 16.6 Å². The minimum Gasteiger partial charge on any atom is -0.504 e. The number of benzene rings is 1. The number of phenols is 1. The second-order valence-electron chi connectivity index (χ2n) is 9.11. The Morgan fingerprint density at radius 2 is 2.15 bits per heavy atom. The van der Waals surface area contributed by atoms with Gasteiger partial charge in [0, 0.05) is 29.9 Å². The van der Waals surface area contributed by atoms with Crippen molar-refractivity contribution in [2.24, 2.45) is 5.92 Å². The van der Waals surface area contributed by atoms with Crippen LogP contribution in [0.2, 0.25) is 0 Å². The molecule has 0 aromatic heterocycles. The number of aromatic hydroxyl groups is 1. The summed E-state index contributed by atoms with van der Waals surface area (Å²) in [5.41, 5.74) is 3.97. The topological polar surface area (TPSA) is 38.7 Å². The van der Waals surface area contributed by atoms with Crippen LogP contribution in [0.4, 0.5) is 0 Å². The normalized spacial score (nSPS) is 38.8. The molecule has 26 heavy (non-hydrogen) atoms. The van der Waals surface area contributed by atoms with Crippen LogP contribution in [0.15, 0.2) is 35.6 Å². The Bertz CT molecular complexity index is 884. The van der Waals surface area contributed by atoms with Gasteiger partial charge in [-0.25, -0.2) is 0 Å². The summed E-state index contributed by atoms with van der Waals surface area (Å²) in [7, 11) is 4.19. The van der Waals surface area contributed by atoms with Crippen LogP contribution in [0.25, 0.3) is 0 Å². The Labute approximate surface area is 154 Å². The summed E-state index contributed by atoms with van der Waals surface area (Å²) in [6.07, 6.45) is 9.20. The van der Waals surface area contributed by atoms with E-state index in [2.05, 4.69) is 25.3 Å². The molecular formula is C22H26NO3+. The van der Waals surface area contributed by atoms with Crippen molar-refractivity contribution in [3.63, 3.8) is 0 Å². The first-order valence-electron chi connectivity index (χ1n) is 9.89. The smallest absolute Gasteiger partial charge is 0.169 e. The van der Waals surface area contributed by atoms with Crippen LogP contribution in [0.5, 0.6) is 11.5 Å². The average Bonchev–Trinajstić information content (AvgIpc) is 3.37. The number of hydrogen-bond acceptors (Lipinski definition) is 3. The van der Waals surface area contributed by atoms with Crippen LogP contribution < -0.4 is 4.74 Å². The fraction of sp³-hybridized carbons (Fsp3) is 0.545. The van der Waals surface area contributed by atoms with Crippen LogP contribution in [0.1, 0.15) is 30.4 Å². The number of rotatable bonds is 3. The Balaban J connectivity index is 1.59. The summed E-state index contributed by atoms with van der Waals surface area (Å²) in [5.74, 6) is 2.76. The molecule has 2 heterocycles. The van der Waals surface area contributed by atoms with E-state index in [1.54, 1.807) is 7.11 Å². The number of nitrogens with zero attached hydrogens (tertiary/aromatic N) is 1. The zero-order valence-electron chi connectivity index (χ0n) is 15.5. The largest absolute Gasteiger partial charge is 0.504 e. The standard InChI is InChI=1S/C22H25NO3/c1-23(12-13-3-4-13)10-9-22-15-6-8-18(25-2)21(22)26-20-17(24)7-5-14(19(20)22)11-16(15)23/h5-8,13,16,21H,3-4,9-12H2,1-2H3/p+1/t16-,21+,22+,23?/m1/s1. The molecule has 4 heteroatoms. The zero-order chi connectivity index (χ0) is 17.7. The third kappa shape index (κ3) is 1.65. The van der Waals surface area contributed by atoms with Gasteiger partial charge >= 0.3 is 0 Å². The summed E-state index contributed by atoms with van der Waals surface area (Å²) in [5, 5.41) is 10.5. The van der Waals surface area contributed by atoms with E-state index in [1.807, 2.05) is 6.07 Å². The first kappa shape index (κ1) is 15.2. The highest BCUT2D eigenvalue weighted by atomic mass is 16.5. The van der Waals surface area contributed by atoms with E-state index in [4.69, 9.17) is 9.47 Å². The van der Waals surface area contributed by atoms with Crippen molar-refractivity contribution in [1.29, 1.82) is 0 Å². The molecule has 3 aliphatic carbocycles. The maximum absolute atomic E-state index is 10.5. The summed E-state index contributed by atoms with van der Waals surface area (Å²) in [6.45, 7) is 2.47. The van der Waals surface area contributed by atoms with Crippen LogP contribution in [-0.4, -0.2) is 49.0 Å². The molecule has 2 aliphatic heterocycles. The van der Waals surface area contributed by atoms with Gasteiger partial charge in [0.05, 0.1) is 32.7 Å². The van der Waals surface area contributed by atoms with Crippen molar-refractivity contribution in [1.82, 2.24) is 0 Å². The molecule has 4 nitrogen and oxygen atoms in total. The predicted octanol–water partition coefficient (Wildman–Crippen LogP) is 3.05. The molecular weight excluding hydrogens is 326 g/mol. The van der Waals surface area contributed by atoms with E-state index in [1.165, 1.54) is 42.6 Å². The number of ether oxygens (including phenoxy) is 2. The number of phenolic OH excluding ortho intramolecular Hbond substituents is 1. The molecule has 4 atom stereocenters. The second-order valence-corrected chi connectivity index (χ2v) is 9.11. The second kappa shape index (κ2) is 4.66. The molecule has 136 valence electrons. The highest BCUT2D eigenvalue weighted by Crippen LogP contribution is 2.63. The van der Waals surface area contributed by atoms with Crippen molar-refractivity contribution < 1.29 is 19.1 Å². The van der Waals surface area contributed by atoms with Gasteiger partial charge in [0.15, 0.2) is 17.6 Å². The van der Waals surface area contributed by atoms with E-state index in [-0.39, 0.29) is 17.3 Å². The SMILES string of the molecule is COC1=CC=C2[C@H]3Cc4ccc(O)c5c4[C@@]2(CC[N+]3(C)CC2CC2)[C@H]1O5. The fourth-order valence-corrected chi connectivity index (χ4v) is 6.30. The minimum atomic E-state index is -0.145. The number of hydrogen-bond donors (Lipinski definition) is 1. The zero-order valence-corrected chi connectivity index (χ0v) is 15.5. The van der Waals surface area contributed by atoms with Crippen molar-refractivity contribution in [3.8, 4) is 11.5 Å². The lowest BCUT2D eigenvalue weighted by atomic mass is 9.56. The van der Waals surface area contributed by atoms with E-state index >= 15 is 0 Å². The fourth-order valence-electron chi connectivity index (χ4n) is 6.30. The molecule has 6 rings (SSSR count). The summed E-state index contributed by atoms with van der Waals surface area (Å²) >= 11 is 0. The van der Waals surface area contributed by atoms with Crippen molar-refractivity contribution in [3.05, 3.63) is 46.7 Å². The lowest BCUT2D eigenvalue weighted by molar-refractivity contribution is -0.935. The van der Waals surface area contributed by atoms with Gasteiger partial charge in [0.1, 0.15) is 11.8 Å². The summed E-state index contributed by atoms with van der Waals surface area (Å²) in [4.78, 5) is 0. The van der Waals surface area contributed by atoms with Crippen molar-refractivity contribution in [2.75, 3.05) is 27.2 Å². The highest BCUT2D eigenvalue weighted by Gasteiger charge is 2.66. The van der Waals surface area contributed by atoms with Gasteiger partial charge in [-0.1, -0.05) is 12.1 Å².